The molecule has 2 aromatic carbocycles. The third-order valence-electron chi connectivity index (χ3n) is 4.16. The van der Waals surface area contributed by atoms with Crippen molar-refractivity contribution in [2.45, 2.75) is 38.1 Å². The minimum Gasteiger partial charge on any atom is -0.389 e. The molecule has 1 N–H and O–H groups in total. The Bertz CT molecular complexity index is 569. The van der Waals surface area contributed by atoms with Crippen molar-refractivity contribution in [1.82, 2.24) is 4.90 Å². The van der Waals surface area contributed by atoms with Crippen molar-refractivity contribution in [2.75, 3.05) is 13.2 Å². The summed E-state index contributed by atoms with van der Waals surface area (Å²) in [5.74, 6) is 0. The lowest BCUT2D eigenvalue weighted by Crippen LogP contribution is -2.36. The summed E-state index contributed by atoms with van der Waals surface area (Å²) in [5.41, 5.74) is 2.44. The monoisotopic (exact) mass is 311 g/mol. The van der Waals surface area contributed by atoms with E-state index < -0.39 is 6.10 Å². The smallest absolute Gasteiger partial charge is 0.0900 e. The lowest BCUT2D eigenvalue weighted by Gasteiger charge is -2.25. The van der Waals surface area contributed by atoms with E-state index in [1.54, 1.807) is 0 Å². The summed E-state index contributed by atoms with van der Waals surface area (Å²) in [6, 6.07) is 21.2. The predicted molar refractivity (Wildman–Crippen MR) is 92.0 cm³/mol. The van der Waals surface area contributed by atoms with Gasteiger partial charge in [0.25, 0.3) is 0 Å². The third kappa shape index (κ3) is 5.47. The summed E-state index contributed by atoms with van der Waals surface area (Å²) in [4.78, 5) is 2.38. The number of aliphatic hydroxyl groups is 1. The second-order valence-electron chi connectivity index (χ2n) is 6.30. The molecule has 3 rings (SSSR count). The fourth-order valence-corrected chi connectivity index (χ4v) is 2.81. The normalized spacial score (nSPS) is 15.7. The van der Waals surface area contributed by atoms with E-state index in [0.29, 0.717) is 25.8 Å². The largest absolute Gasteiger partial charge is 0.389 e. The van der Waals surface area contributed by atoms with E-state index in [1.165, 1.54) is 18.4 Å². The number of hydrogen-bond acceptors (Lipinski definition) is 3. The molecule has 0 unspecified atom stereocenters. The van der Waals surface area contributed by atoms with Gasteiger partial charge in [0.05, 0.1) is 19.3 Å². The van der Waals surface area contributed by atoms with Crippen molar-refractivity contribution in [1.29, 1.82) is 0 Å². The molecule has 0 bridgehead atoms. The first-order valence-corrected chi connectivity index (χ1v) is 8.39. The predicted octanol–water partition coefficient (Wildman–Crippen LogP) is 3.23. The van der Waals surface area contributed by atoms with E-state index >= 15 is 0 Å². The lowest BCUT2D eigenvalue weighted by atomic mass is 10.2. The Morgan fingerprint density at radius 1 is 0.957 bits per heavy atom. The van der Waals surface area contributed by atoms with Crippen LogP contribution in [0.5, 0.6) is 0 Å². The van der Waals surface area contributed by atoms with Crippen LogP contribution in [0, 0.1) is 0 Å². The topological polar surface area (TPSA) is 32.7 Å². The van der Waals surface area contributed by atoms with Crippen LogP contribution in [0.4, 0.5) is 0 Å². The fraction of sp³-hybridized carbons (Fsp3) is 0.400. The Kier molecular flexibility index (Phi) is 5.81. The van der Waals surface area contributed by atoms with Gasteiger partial charge in [-0.25, -0.2) is 0 Å². The Balaban J connectivity index is 1.44. The van der Waals surface area contributed by atoms with Gasteiger partial charge >= 0.3 is 0 Å². The van der Waals surface area contributed by atoms with Crippen molar-refractivity contribution >= 4 is 0 Å². The highest BCUT2D eigenvalue weighted by atomic mass is 16.5. The maximum atomic E-state index is 10.3. The molecule has 122 valence electrons. The van der Waals surface area contributed by atoms with Gasteiger partial charge in [-0.15, -0.1) is 0 Å². The first-order chi connectivity index (χ1) is 11.3. The van der Waals surface area contributed by atoms with Crippen LogP contribution < -0.4 is 0 Å². The van der Waals surface area contributed by atoms with E-state index in [1.807, 2.05) is 36.4 Å². The van der Waals surface area contributed by atoms with E-state index in [9.17, 15) is 5.11 Å². The van der Waals surface area contributed by atoms with Gasteiger partial charge in [0.15, 0.2) is 0 Å². The average Bonchev–Trinajstić information content (AvgIpc) is 3.41. The van der Waals surface area contributed by atoms with Crippen LogP contribution in [0.2, 0.25) is 0 Å². The van der Waals surface area contributed by atoms with Crippen LogP contribution >= 0.6 is 0 Å². The van der Waals surface area contributed by atoms with E-state index in [-0.39, 0.29) is 0 Å². The van der Waals surface area contributed by atoms with Crippen molar-refractivity contribution in [3.05, 3.63) is 71.8 Å². The van der Waals surface area contributed by atoms with Crippen LogP contribution in [-0.4, -0.2) is 35.3 Å². The van der Waals surface area contributed by atoms with Gasteiger partial charge in [0.1, 0.15) is 0 Å². The molecular formula is C20H25NO2. The minimum atomic E-state index is -0.442. The Morgan fingerprint density at radius 2 is 1.57 bits per heavy atom. The molecule has 1 aliphatic carbocycles. The molecule has 1 atom stereocenters. The molecule has 1 saturated carbocycles. The number of benzene rings is 2. The van der Waals surface area contributed by atoms with Crippen LogP contribution in [0.3, 0.4) is 0 Å². The Hall–Kier alpha value is -1.68. The zero-order valence-corrected chi connectivity index (χ0v) is 13.5. The molecule has 0 spiro atoms. The molecule has 0 heterocycles. The minimum absolute atomic E-state index is 0.382. The van der Waals surface area contributed by atoms with Gasteiger partial charge in [-0.3, -0.25) is 4.90 Å². The van der Waals surface area contributed by atoms with Gasteiger partial charge in [-0.2, -0.15) is 0 Å². The molecule has 1 aliphatic rings. The zero-order valence-electron chi connectivity index (χ0n) is 13.5. The maximum Gasteiger partial charge on any atom is 0.0900 e. The maximum absolute atomic E-state index is 10.3. The Labute approximate surface area is 138 Å². The second kappa shape index (κ2) is 8.25. The molecule has 3 nitrogen and oxygen atoms in total. The average molecular weight is 311 g/mol. The first-order valence-electron chi connectivity index (χ1n) is 8.39. The summed E-state index contributed by atoms with van der Waals surface area (Å²) in [6.45, 7) is 2.52. The number of hydrogen-bond donors (Lipinski definition) is 1. The molecule has 0 aromatic heterocycles. The lowest BCUT2D eigenvalue weighted by molar-refractivity contribution is 0.00706. The quantitative estimate of drug-likeness (QED) is 0.772. The number of ether oxygens (including phenoxy) is 1. The van der Waals surface area contributed by atoms with Gasteiger partial charge in [0.2, 0.25) is 0 Å². The van der Waals surface area contributed by atoms with Crippen LogP contribution in [0.25, 0.3) is 0 Å². The summed E-state index contributed by atoms with van der Waals surface area (Å²) >= 11 is 0. The SMILES string of the molecule is O[C@@H](COCc1ccccc1)CN(Cc1ccccc1)C1CC1. The van der Waals surface area contributed by atoms with E-state index in [0.717, 1.165) is 12.1 Å². The van der Waals surface area contributed by atoms with Crippen molar-refractivity contribution in [2.24, 2.45) is 0 Å². The standard InChI is InChI=1S/C20H25NO2/c22-20(16-23-15-18-9-5-2-6-10-18)14-21(19-11-12-19)13-17-7-3-1-4-8-17/h1-10,19-20,22H,11-16H2/t20-/m1/s1. The third-order valence-corrected chi connectivity index (χ3v) is 4.16. The van der Waals surface area contributed by atoms with Gasteiger partial charge in [-0.1, -0.05) is 60.7 Å². The molecular weight excluding hydrogens is 286 g/mol. The van der Waals surface area contributed by atoms with Crippen molar-refractivity contribution in [3.8, 4) is 0 Å². The molecule has 0 radical (unpaired) electrons. The molecule has 1 fully saturated rings. The highest BCUT2D eigenvalue weighted by molar-refractivity contribution is 5.15. The number of rotatable bonds is 9. The number of aliphatic hydroxyl groups excluding tert-OH is 1. The summed E-state index contributed by atoms with van der Waals surface area (Å²) in [5, 5.41) is 10.3. The highest BCUT2D eigenvalue weighted by Gasteiger charge is 2.30. The summed E-state index contributed by atoms with van der Waals surface area (Å²) in [6.07, 6.45) is 2.04. The molecule has 3 heteroatoms. The second-order valence-corrected chi connectivity index (χ2v) is 6.30. The van der Waals surface area contributed by atoms with Crippen LogP contribution in [-0.2, 0) is 17.9 Å². The van der Waals surface area contributed by atoms with E-state index in [2.05, 4.69) is 29.2 Å². The summed E-state index contributed by atoms with van der Waals surface area (Å²) in [7, 11) is 0. The van der Waals surface area contributed by atoms with Crippen molar-refractivity contribution < 1.29 is 9.84 Å². The molecule has 0 saturated heterocycles. The highest BCUT2D eigenvalue weighted by Crippen LogP contribution is 2.28. The van der Waals surface area contributed by atoms with Gasteiger partial charge < -0.3 is 9.84 Å². The number of nitrogens with zero attached hydrogens (tertiary/aromatic N) is 1. The van der Waals surface area contributed by atoms with Crippen molar-refractivity contribution in [3.63, 3.8) is 0 Å². The van der Waals surface area contributed by atoms with Gasteiger partial charge in [-0.05, 0) is 24.0 Å². The molecule has 0 amide bonds. The zero-order chi connectivity index (χ0) is 15.9. The summed E-state index contributed by atoms with van der Waals surface area (Å²) < 4.78 is 5.66. The van der Waals surface area contributed by atoms with Crippen LogP contribution in [0.1, 0.15) is 24.0 Å². The van der Waals surface area contributed by atoms with Crippen LogP contribution in [0.15, 0.2) is 60.7 Å². The molecule has 2 aromatic rings. The van der Waals surface area contributed by atoms with E-state index in [4.69, 9.17) is 4.74 Å². The fourth-order valence-electron chi connectivity index (χ4n) is 2.81. The Morgan fingerprint density at radius 3 is 2.17 bits per heavy atom. The van der Waals surface area contributed by atoms with Gasteiger partial charge in [0, 0.05) is 19.1 Å². The molecule has 23 heavy (non-hydrogen) atoms. The first kappa shape index (κ1) is 16.2. The molecule has 0 aliphatic heterocycles.